The van der Waals surface area contributed by atoms with Crippen LogP contribution in [0.15, 0.2) is 48.5 Å². The fourth-order valence-electron chi connectivity index (χ4n) is 3.44. The number of nitrogens with one attached hydrogen (secondary N) is 1. The number of likely N-dealkylation sites (N-methyl/N-ethyl adjacent to an activating group) is 1. The van der Waals surface area contributed by atoms with Gasteiger partial charge in [-0.2, -0.15) is 0 Å². The summed E-state index contributed by atoms with van der Waals surface area (Å²) in [6.45, 7) is 15.4. The van der Waals surface area contributed by atoms with E-state index in [1.165, 1.54) is 11.1 Å². The first-order chi connectivity index (χ1) is 13.7. The molecule has 0 aliphatic rings. The number of benzene rings is 2. The molecule has 0 heterocycles. The van der Waals surface area contributed by atoms with Crippen LogP contribution in [0.4, 0.5) is 0 Å². The maximum Gasteiger partial charge on any atom is 0.258 e. The van der Waals surface area contributed by atoms with Crippen LogP contribution < -0.4 is 10.1 Å². The van der Waals surface area contributed by atoms with Gasteiger partial charge in [-0.15, -0.1) is 12.4 Å². The highest BCUT2D eigenvalue weighted by atomic mass is 35.5. The molecule has 2 rings (SSSR count). The molecule has 166 valence electrons. The number of aryl methyl sites for hydroxylation is 1. The van der Waals surface area contributed by atoms with Gasteiger partial charge in [0, 0.05) is 6.54 Å². The van der Waals surface area contributed by atoms with E-state index in [1.54, 1.807) is 0 Å². The van der Waals surface area contributed by atoms with Crippen molar-refractivity contribution in [3.8, 4) is 5.75 Å². The highest BCUT2D eigenvalue weighted by Gasteiger charge is 2.20. The quantitative estimate of drug-likeness (QED) is 0.585. The Hall–Kier alpha value is -2.04. The minimum absolute atomic E-state index is 0. The van der Waals surface area contributed by atoms with E-state index in [0.717, 1.165) is 24.4 Å². The van der Waals surface area contributed by atoms with Crippen LogP contribution >= 0.6 is 12.4 Å². The number of halogens is 1. The molecule has 1 amide bonds. The van der Waals surface area contributed by atoms with Crippen LogP contribution in [0.25, 0.3) is 0 Å². The van der Waals surface area contributed by atoms with E-state index in [-0.39, 0.29) is 36.4 Å². The third-order valence-corrected chi connectivity index (χ3v) is 5.27. The number of hydrogen-bond donors (Lipinski definition) is 1. The molecular formula is C25H37ClN2O2. The monoisotopic (exact) mass is 432 g/mol. The van der Waals surface area contributed by atoms with Crippen molar-refractivity contribution in [3.05, 3.63) is 65.2 Å². The predicted molar refractivity (Wildman–Crippen MR) is 128 cm³/mol. The first-order valence-corrected chi connectivity index (χ1v) is 10.5. The maximum atomic E-state index is 12.4. The van der Waals surface area contributed by atoms with Gasteiger partial charge in [0.15, 0.2) is 6.61 Å². The van der Waals surface area contributed by atoms with Crippen LogP contribution in [-0.2, 0) is 10.2 Å². The first kappa shape index (κ1) is 26.0. The number of ether oxygens (including phenoxy) is 1. The minimum Gasteiger partial charge on any atom is -0.484 e. The third kappa shape index (κ3) is 7.66. The van der Waals surface area contributed by atoms with E-state index in [9.17, 15) is 4.79 Å². The van der Waals surface area contributed by atoms with Gasteiger partial charge in [0.25, 0.3) is 5.91 Å². The summed E-state index contributed by atoms with van der Waals surface area (Å²) in [5.41, 5.74) is 3.78. The Morgan fingerprint density at radius 3 is 2.23 bits per heavy atom. The van der Waals surface area contributed by atoms with Gasteiger partial charge in [0.2, 0.25) is 0 Å². The molecule has 0 radical (unpaired) electrons. The zero-order chi connectivity index (χ0) is 21.4. The van der Waals surface area contributed by atoms with Crippen LogP contribution in [0.5, 0.6) is 5.75 Å². The second kappa shape index (κ2) is 12.0. The lowest BCUT2D eigenvalue weighted by Crippen LogP contribution is -2.39. The summed E-state index contributed by atoms with van der Waals surface area (Å²) in [5, 5.41) is 3.05. The molecule has 0 spiro atoms. The van der Waals surface area contributed by atoms with E-state index < -0.39 is 0 Å². The first-order valence-electron chi connectivity index (χ1n) is 10.5. The molecule has 1 N–H and O–H groups in total. The van der Waals surface area contributed by atoms with Crippen molar-refractivity contribution in [2.45, 2.75) is 53.0 Å². The Morgan fingerprint density at radius 1 is 1.07 bits per heavy atom. The summed E-state index contributed by atoms with van der Waals surface area (Å²) in [6, 6.07) is 16.7. The minimum atomic E-state index is -0.102. The standard InChI is InChI=1S/C25H36N2O2.ClH/c1-7-27(8-2)23(20-12-14-21(15-13-20)25(4,5)6)17-26-24(28)18-29-22-11-9-10-19(3)16-22;/h9-16,23H,7-8,17-18H2,1-6H3,(H,26,28);1H. The summed E-state index contributed by atoms with van der Waals surface area (Å²) in [7, 11) is 0. The van der Waals surface area contributed by atoms with Crippen molar-refractivity contribution in [1.29, 1.82) is 0 Å². The van der Waals surface area contributed by atoms with Gasteiger partial charge in [0.1, 0.15) is 5.75 Å². The van der Waals surface area contributed by atoms with Crippen molar-refractivity contribution < 1.29 is 9.53 Å². The predicted octanol–water partition coefficient (Wildman–Crippen LogP) is 5.29. The number of carbonyl (C=O) groups excluding carboxylic acids is 1. The van der Waals surface area contributed by atoms with Crippen LogP contribution in [0.3, 0.4) is 0 Å². The third-order valence-electron chi connectivity index (χ3n) is 5.27. The lowest BCUT2D eigenvalue weighted by atomic mass is 9.86. The molecule has 0 fully saturated rings. The summed E-state index contributed by atoms with van der Waals surface area (Å²) >= 11 is 0. The molecule has 1 unspecified atom stereocenters. The molecular weight excluding hydrogens is 396 g/mol. The number of nitrogens with zero attached hydrogens (tertiary/aromatic N) is 1. The molecule has 0 aliphatic heterocycles. The van der Waals surface area contributed by atoms with Gasteiger partial charge in [-0.05, 0) is 54.3 Å². The molecule has 0 saturated carbocycles. The lowest BCUT2D eigenvalue weighted by Gasteiger charge is -2.31. The second-order valence-corrected chi connectivity index (χ2v) is 8.52. The molecule has 0 bridgehead atoms. The van der Waals surface area contributed by atoms with E-state index in [1.807, 2.05) is 31.2 Å². The molecule has 1 atom stereocenters. The van der Waals surface area contributed by atoms with Crippen LogP contribution in [0.1, 0.15) is 57.4 Å². The van der Waals surface area contributed by atoms with Gasteiger partial charge in [-0.25, -0.2) is 0 Å². The molecule has 30 heavy (non-hydrogen) atoms. The Balaban J connectivity index is 0.00000450. The zero-order valence-corrected chi connectivity index (χ0v) is 20.0. The van der Waals surface area contributed by atoms with E-state index in [2.05, 4.69) is 69.1 Å². The van der Waals surface area contributed by atoms with Crippen molar-refractivity contribution in [2.75, 3.05) is 26.2 Å². The molecule has 2 aromatic carbocycles. The molecule has 5 heteroatoms. The summed E-state index contributed by atoms with van der Waals surface area (Å²) in [5.74, 6) is 0.619. The average Bonchev–Trinajstić information content (AvgIpc) is 2.69. The Bertz CT molecular complexity index is 780. The maximum absolute atomic E-state index is 12.4. The Morgan fingerprint density at radius 2 is 1.70 bits per heavy atom. The number of hydrogen-bond acceptors (Lipinski definition) is 3. The SMILES string of the molecule is CCN(CC)C(CNC(=O)COc1cccc(C)c1)c1ccc(C(C)(C)C)cc1.Cl. The van der Waals surface area contributed by atoms with E-state index >= 15 is 0 Å². The summed E-state index contributed by atoms with van der Waals surface area (Å²) in [4.78, 5) is 14.7. The van der Waals surface area contributed by atoms with Crippen molar-refractivity contribution in [3.63, 3.8) is 0 Å². The molecule has 0 saturated heterocycles. The molecule has 4 nitrogen and oxygen atoms in total. The van der Waals surface area contributed by atoms with E-state index in [0.29, 0.717) is 6.54 Å². The fraction of sp³-hybridized carbons (Fsp3) is 0.480. The fourth-order valence-corrected chi connectivity index (χ4v) is 3.44. The lowest BCUT2D eigenvalue weighted by molar-refractivity contribution is -0.123. The number of amides is 1. The summed E-state index contributed by atoms with van der Waals surface area (Å²) < 4.78 is 5.63. The van der Waals surface area contributed by atoms with Gasteiger partial charge in [-0.3, -0.25) is 9.69 Å². The van der Waals surface area contributed by atoms with Crippen molar-refractivity contribution >= 4 is 18.3 Å². The highest BCUT2D eigenvalue weighted by molar-refractivity contribution is 5.85. The normalized spacial score (nSPS) is 12.2. The number of rotatable bonds is 9. The van der Waals surface area contributed by atoms with Crippen LogP contribution in [0.2, 0.25) is 0 Å². The van der Waals surface area contributed by atoms with Gasteiger partial charge in [0.05, 0.1) is 6.04 Å². The highest BCUT2D eigenvalue weighted by Crippen LogP contribution is 2.26. The smallest absolute Gasteiger partial charge is 0.258 e. The molecule has 2 aromatic rings. The largest absolute Gasteiger partial charge is 0.484 e. The van der Waals surface area contributed by atoms with E-state index in [4.69, 9.17) is 4.74 Å². The zero-order valence-electron chi connectivity index (χ0n) is 19.2. The Kier molecular flexibility index (Phi) is 10.4. The topological polar surface area (TPSA) is 41.6 Å². The van der Waals surface area contributed by atoms with Crippen LogP contribution in [0, 0.1) is 6.92 Å². The molecule has 0 aliphatic carbocycles. The van der Waals surface area contributed by atoms with Gasteiger partial charge >= 0.3 is 0 Å². The van der Waals surface area contributed by atoms with Crippen molar-refractivity contribution in [2.24, 2.45) is 0 Å². The summed E-state index contributed by atoms with van der Waals surface area (Å²) in [6.07, 6.45) is 0. The number of carbonyl (C=O) groups is 1. The second-order valence-electron chi connectivity index (χ2n) is 8.52. The molecule has 0 aromatic heterocycles. The average molecular weight is 433 g/mol. The van der Waals surface area contributed by atoms with Crippen LogP contribution in [-0.4, -0.2) is 37.0 Å². The van der Waals surface area contributed by atoms with Crippen molar-refractivity contribution in [1.82, 2.24) is 10.2 Å². The van der Waals surface area contributed by atoms with Gasteiger partial charge < -0.3 is 10.1 Å². The Labute approximate surface area is 188 Å². The van der Waals surface area contributed by atoms with Gasteiger partial charge in [-0.1, -0.05) is 71.0 Å².